The Morgan fingerprint density at radius 3 is 2.67 bits per heavy atom. The van der Waals surface area contributed by atoms with E-state index in [0.717, 1.165) is 24.9 Å². The molecule has 1 atom stereocenters. The van der Waals surface area contributed by atoms with Crippen molar-refractivity contribution in [2.45, 2.75) is 25.3 Å². The number of hydrogen-bond acceptors (Lipinski definition) is 4. The van der Waals surface area contributed by atoms with Crippen molar-refractivity contribution in [3.05, 3.63) is 42.5 Å². The van der Waals surface area contributed by atoms with Gasteiger partial charge in [-0.25, -0.2) is 8.42 Å². The molecule has 1 aliphatic heterocycles. The number of piperidine rings is 1. The lowest BCUT2D eigenvalue weighted by atomic mass is 10.0. The molecule has 3 rings (SSSR count). The minimum atomic E-state index is -3.25. The summed E-state index contributed by atoms with van der Waals surface area (Å²) in [4.78, 5) is 0. The third-order valence-corrected chi connectivity index (χ3v) is 5.08. The summed E-state index contributed by atoms with van der Waals surface area (Å²) in [6.45, 7) is 0.547. The summed E-state index contributed by atoms with van der Waals surface area (Å²) in [6.07, 6.45) is 5.56. The molecule has 0 amide bonds. The van der Waals surface area contributed by atoms with Crippen LogP contribution in [-0.4, -0.2) is 40.3 Å². The Balaban J connectivity index is 2.02. The third kappa shape index (κ3) is 2.84. The zero-order valence-electron chi connectivity index (χ0n) is 11.9. The highest BCUT2D eigenvalue weighted by Crippen LogP contribution is 2.32. The molecule has 0 radical (unpaired) electrons. The van der Waals surface area contributed by atoms with Crippen LogP contribution in [0.15, 0.2) is 36.7 Å². The molecule has 0 aliphatic carbocycles. The lowest BCUT2D eigenvalue weighted by molar-refractivity contribution is 0.246. The number of benzene rings is 1. The normalized spacial score (nSPS) is 20.5. The lowest BCUT2D eigenvalue weighted by Gasteiger charge is -2.33. The molecule has 1 aliphatic rings. The Kier molecular flexibility index (Phi) is 3.77. The summed E-state index contributed by atoms with van der Waals surface area (Å²) in [7, 11) is -3.25. The smallest absolute Gasteiger partial charge is 0.211 e. The van der Waals surface area contributed by atoms with Crippen LogP contribution in [0.2, 0.25) is 0 Å². The van der Waals surface area contributed by atoms with Gasteiger partial charge in [-0.05, 0) is 25.0 Å². The molecule has 21 heavy (non-hydrogen) atoms. The molecule has 112 valence electrons. The highest BCUT2D eigenvalue weighted by Gasteiger charge is 2.33. The van der Waals surface area contributed by atoms with Crippen LogP contribution in [0.1, 0.15) is 31.1 Å². The van der Waals surface area contributed by atoms with E-state index in [9.17, 15) is 8.42 Å². The fourth-order valence-corrected chi connectivity index (χ4v) is 3.94. The second kappa shape index (κ2) is 5.57. The highest BCUT2D eigenvalue weighted by molar-refractivity contribution is 7.88. The van der Waals surface area contributed by atoms with E-state index in [-0.39, 0.29) is 6.04 Å². The van der Waals surface area contributed by atoms with Crippen molar-refractivity contribution in [3.63, 3.8) is 0 Å². The second-order valence-electron chi connectivity index (χ2n) is 5.28. The molecule has 1 saturated heterocycles. The first kappa shape index (κ1) is 14.2. The number of rotatable bonds is 3. The maximum atomic E-state index is 12.0. The molecule has 1 unspecified atom stereocenters. The SMILES string of the molecule is CS(=O)(=O)N1CCCCC1c1nncn1-c1ccccc1. The maximum Gasteiger partial charge on any atom is 0.211 e. The van der Waals surface area contributed by atoms with Crippen LogP contribution in [0.25, 0.3) is 5.69 Å². The van der Waals surface area contributed by atoms with Gasteiger partial charge in [0.2, 0.25) is 10.0 Å². The van der Waals surface area contributed by atoms with Gasteiger partial charge in [-0.3, -0.25) is 4.57 Å². The summed E-state index contributed by atoms with van der Waals surface area (Å²) < 4.78 is 27.4. The van der Waals surface area contributed by atoms with Gasteiger partial charge in [0.05, 0.1) is 12.3 Å². The van der Waals surface area contributed by atoms with Gasteiger partial charge in [-0.1, -0.05) is 24.6 Å². The first-order valence-electron chi connectivity index (χ1n) is 6.99. The first-order chi connectivity index (χ1) is 10.1. The van der Waals surface area contributed by atoms with Gasteiger partial charge in [-0.2, -0.15) is 4.31 Å². The summed E-state index contributed by atoms with van der Waals surface area (Å²) >= 11 is 0. The lowest BCUT2D eigenvalue weighted by Crippen LogP contribution is -2.38. The van der Waals surface area contributed by atoms with E-state index in [2.05, 4.69) is 10.2 Å². The molecule has 1 fully saturated rings. The molecular formula is C14H18N4O2S. The van der Waals surface area contributed by atoms with Crippen LogP contribution < -0.4 is 0 Å². The minimum absolute atomic E-state index is 0.239. The predicted octanol–water partition coefficient (Wildman–Crippen LogP) is 1.75. The van der Waals surface area contributed by atoms with E-state index in [1.54, 1.807) is 10.6 Å². The molecule has 2 heterocycles. The summed E-state index contributed by atoms with van der Waals surface area (Å²) in [5.74, 6) is 0.686. The van der Waals surface area contributed by atoms with E-state index < -0.39 is 10.0 Å². The number of para-hydroxylation sites is 1. The molecule has 6 nitrogen and oxygen atoms in total. The van der Waals surface area contributed by atoms with Crippen LogP contribution in [0, 0.1) is 0 Å². The van der Waals surface area contributed by atoms with Gasteiger partial charge in [0, 0.05) is 12.2 Å². The number of sulfonamides is 1. The van der Waals surface area contributed by atoms with E-state index in [0.29, 0.717) is 12.4 Å². The Bertz CT molecular complexity index is 712. The average Bonchev–Trinajstić information content (AvgIpc) is 2.96. The molecular weight excluding hydrogens is 288 g/mol. The van der Waals surface area contributed by atoms with E-state index in [1.807, 2.05) is 34.9 Å². The largest absolute Gasteiger partial charge is 0.284 e. The molecule has 0 saturated carbocycles. The van der Waals surface area contributed by atoms with Crippen molar-refractivity contribution in [1.29, 1.82) is 0 Å². The molecule has 0 N–H and O–H groups in total. The fraction of sp³-hybridized carbons (Fsp3) is 0.429. The van der Waals surface area contributed by atoms with Crippen LogP contribution >= 0.6 is 0 Å². The second-order valence-corrected chi connectivity index (χ2v) is 7.22. The maximum absolute atomic E-state index is 12.0. The molecule has 1 aromatic carbocycles. The Labute approximate surface area is 124 Å². The zero-order valence-corrected chi connectivity index (χ0v) is 12.7. The van der Waals surface area contributed by atoms with Crippen molar-refractivity contribution in [3.8, 4) is 5.69 Å². The molecule has 7 heteroatoms. The minimum Gasteiger partial charge on any atom is -0.284 e. The molecule has 0 spiro atoms. The van der Waals surface area contributed by atoms with Gasteiger partial charge < -0.3 is 0 Å². The molecule has 2 aromatic rings. The third-order valence-electron chi connectivity index (χ3n) is 3.79. The number of aromatic nitrogens is 3. The van der Waals surface area contributed by atoms with Crippen molar-refractivity contribution >= 4 is 10.0 Å². The average molecular weight is 306 g/mol. The summed E-state index contributed by atoms with van der Waals surface area (Å²) in [5, 5.41) is 8.17. The van der Waals surface area contributed by atoms with Gasteiger partial charge >= 0.3 is 0 Å². The van der Waals surface area contributed by atoms with Crippen LogP contribution in [-0.2, 0) is 10.0 Å². The molecule has 0 bridgehead atoms. The number of hydrogen-bond donors (Lipinski definition) is 0. The predicted molar refractivity (Wildman–Crippen MR) is 79.5 cm³/mol. The standard InChI is InChI=1S/C14H18N4O2S/c1-21(19,20)18-10-6-5-9-13(18)14-16-15-11-17(14)12-7-3-2-4-8-12/h2-4,7-8,11,13H,5-6,9-10H2,1H3. The first-order valence-corrected chi connectivity index (χ1v) is 8.84. The van der Waals surface area contributed by atoms with Crippen molar-refractivity contribution in [1.82, 2.24) is 19.1 Å². The van der Waals surface area contributed by atoms with Crippen molar-refractivity contribution < 1.29 is 8.42 Å². The van der Waals surface area contributed by atoms with Gasteiger partial charge in [-0.15, -0.1) is 10.2 Å². The van der Waals surface area contributed by atoms with Gasteiger partial charge in [0.1, 0.15) is 6.33 Å². The van der Waals surface area contributed by atoms with Crippen LogP contribution in [0.3, 0.4) is 0 Å². The molecule has 1 aromatic heterocycles. The summed E-state index contributed by atoms with van der Waals surface area (Å²) in [5.41, 5.74) is 0.941. The topological polar surface area (TPSA) is 68.1 Å². The Hall–Kier alpha value is -1.73. The summed E-state index contributed by atoms with van der Waals surface area (Å²) in [6, 6.07) is 9.50. The van der Waals surface area contributed by atoms with Crippen molar-refractivity contribution in [2.24, 2.45) is 0 Å². The Morgan fingerprint density at radius 2 is 1.95 bits per heavy atom. The number of nitrogens with zero attached hydrogens (tertiary/aromatic N) is 4. The van der Waals surface area contributed by atoms with E-state index >= 15 is 0 Å². The van der Waals surface area contributed by atoms with E-state index in [4.69, 9.17) is 0 Å². The van der Waals surface area contributed by atoms with Crippen molar-refractivity contribution in [2.75, 3.05) is 12.8 Å². The van der Waals surface area contributed by atoms with Crippen LogP contribution in [0.4, 0.5) is 0 Å². The van der Waals surface area contributed by atoms with Gasteiger partial charge in [0.25, 0.3) is 0 Å². The Morgan fingerprint density at radius 1 is 1.19 bits per heavy atom. The van der Waals surface area contributed by atoms with E-state index in [1.165, 1.54) is 6.26 Å². The highest BCUT2D eigenvalue weighted by atomic mass is 32.2. The van der Waals surface area contributed by atoms with Crippen LogP contribution in [0.5, 0.6) is 0 Å². The fourth-order valence-electron chi connectivity index (χ4n) is 2.82. The van der Waals surface area contributed by atoms with Gasteiger partial charge in [0.15, 0.2) is 5.82 Å². The quantitative estimate of drug-likeness (QED) is 0.866. The zero-order chi connectivity index (χ0) is 14.9. The monoisotopic (exact) mass is 306 g/mol.